The first-order valence-corrected chi connectivity index (χ1v) is 7.08. The largest absolute Gasteiger partial charge is 0.350 e. The van der Waals surface area contributed by atoms with E-state index < -0.39 is 0 Å². The summed E-state index contributed by atoms with van der Waals surface area (Å²) in [4.78, 5) is 11.9. The van der Waals surface area contributed by atoms with Gasteiger partial charge in [0.2, 0.25) is 5.91 Å². The van der Waals surface area contributed by atoms with Crippen molar-refractivity contribution < 1.29 is 4.79 Å². The summed E-state index contributed by atoms with van der Waals surface area (Å²) in [6.07, 6.45) is 14.0. The van der Waals surface area contributed by atoms with Crippen LogP contribution < -0.4 is 5.32 Å². The molecule has 0 aromatic carbocycles. The SMILES string of the molecule is O=C1CC2(CCCCC2)C2(CCCCC2)N1. The van der Waals surface area contributed by atoms with Gasteiger partial charge in [-0.15, -0.1) is 0 Å². The van der Waals surface area contributed by atoms with Gasteiger partial charge >= 0.3 is 0 Å². The number of fused-ring (bicyclic) bond motifs is 1. The number of carbonyl (C=O) groups excluding carboxylic acids is 1. The minimum Gasteiger partial charge on any atom is -0.350 e. The fourth-order valence-electron chi connectivity index (χ4n) is 4.61. The predicted octanol–water partition coefficient (Wildman–Crippen LogP) is 3.16. The average molecular weight is 221 g/mol. The zero-order valence-corrected chi connectivity index (χ0v) is 10.2. The summed E-state index contributed by atoms with van der Waals surface area (Å²) < 4.78 is 0. The molecule has 2 heteroatoms. The highest BCUT2D eigenvalue weighted by Crippen LogP contribution is 2.55. The monoisotopic (exact) mass is 221 g/mol. The molecule has 1 aliphatic heterocycles. The first-order chi connectivity index (χ1) is 7.77. The third kappa shape index (κ3) is 1.42. The van der Waals surface area contributed by atoms with E-state index >= 15 is 0 Å². The predicted molar refractivity (Wildman–Crippen MR) is 64.1 cm³/mol. The van der Waals surface area contributed by atoms with Crippen LogP contribution >= 0.6 is 0 Å². The van der Waals surface area contributed by atoms with Gasteiger partial charge in [0, 0.05) is 17.4 Å². The van der Waals surface area contributed by atoms with Gasteiger partial charge in [-0.05, 0) is 25.7 Å². The molecule has 16 heavy (non-hydrogen) atoms. The third-order valence-electron chi connectivity index (χ3n) is 5.41. The molecule has 0 aromatic rings. The van der Waals surface area contributed by atoms with Crippen LogP contribution in [-0.2, 0) is 4.79 Å². The van der Waals surface area contributed by atoms with E-state index in [1.54, 1.807) is 0 Å². The Kier molecular flexibility index (Phi) is 2.49. The Morgan fingerprint density at radius 3 is 2.00 bits per heavy atom. The lowest BCUT2D eigenvalue weighted by Crippen LogP contribution is -2.54. The molecule has 2 nitrogen and oxygen atoms in total. The Morgan fingerprint density at radius 2 is 1.38 bits per heavy atom. The van der Waals surface area contributed by atoms with E-state index in [0.29, 0.717) is 11.3 Å². The molecule has 1 amide bonds. The van der Waals surface area contributed by atoms with Crippen molar-refractivity contribution in [1.82, 2.24) is 5.32 Å². The normalized spacial score (nSPS) is 31.9. The third-order valence-corrected chi connectivity index (χ3v) is 5.41. The maximum atomic E-state index is 11.9. The number of hydrogen-bond donors (Lipinski definition) is 1. The van der Waals surface area contributed by atoms with Gasteiger partial charge in [0.1, 0.15) is 0 Å². The van der Waals surface area contributed by atoms with Crippen LogP contribution in [0.3, 0.4) is 0 Å². The molecule has 0 atom stereocenters. The molecule has 1 N–H and O–H groups in total. The van der Waals surface area contributed by atoms with Gasteiger partial charge in [0.25, 0.3) is 0 Å². The lowest BCUT2D eigenvalue weighted by atomic mass is 9.58. The van der Waals surface area contributed by atoms with E-state index in [1.165, 1.54) is 64.2 Å². The van der Waals surface area contributed by atoms with Crippen LogP contribution in [0.2, 0.25) is 0 Å². The van der Waals surface area contributed by atoms with Crippen molar-refractivity contribution in [1.29, 1.82) is 0 Å². The molecule has 1 heterocycles. The summed E-state index contributed by atoms with van der Waals surface area (Å²) in [7, 11) is 0. The van der Waals surface area contributed by atoms with E-state index in [4.69, 9.17) is 0 Å². The Morgan fingerprint density at radius 1 is 0.812 bits per heavy atom. The minimum atomic E-state index is 0.211. The van der Waals surface area contributed by atoms with Crippen LogP contribution in [-0.4, -0.2) is 11.4 Å². The van der Waals surface area contributed by atoms with Gasteiger partial charge in [-0.25, -0.2) is 0 Å². The lowest BCUT2D eigenvalue weighted by molar-refractivity contribution is -0.120. The van der Waals surface area contributed by atoms with Crippen LogP contribution in [0.15, 0.2) is 0 Å². The Bertz CT molecular complexity index is 257. The van der Waals surface area contributed by atoms with Crippen molar-refractivity contribution in [2.75, 3.05) is 0 Å². The van der Waals surface area contributed by atoms with Crippen LogP contribution in [0.4, 0.5) is 0 Å². The van der Waals surface area contributed by atoms with Crippen molar-refractivity contribution in [3.05, 3.63) is 0 Å². The van der Waals surface area contributed by atoms with Gasteiger partial charge in [-0.3, -0.25) is 4.79 Å². The molecular formula is C14H23NO. The molecule has 0 aromatic heterocycles. The zero-order chi connectivity index (χ0) is 11.1. The van der Waals surface area contributed by atoms with E-state index in [9.17, 15) is 4.79 Å². The second-order valence-corrected chi connectivity index (χ2v) is 6.21. The lowest BCUT2D eigenvalue weighted by Gasteiger charge is -2.49. The summed E-state index contributed by atoms with van der Waals surface area (Å²) in [5.41, 5.74) is 0.561. The summed E-state index contributed by atoms with van der Waals surface area (Å²) in [6, 6.07) is 0. The Hall–Kier alpha value is -0.530. The number of nitrogens with one attached hydrogen (secondary N) is 1. The highest BCUT2D eigenvalue weighted by atomic mass is 16.2. The van der Waals surface area contributed by atoms with Gasteiger partial charge in [0.05, 0.1) is 0 Å². The van der Waals surface area contributed by atoms with E-state index in [2.05, 4.69) is 5.32 Å². The quantitative estimate of drug-likeness (QED) is 0.669. The molecule has 0 unspecified atom stereocenters. The Balaban J connectivity index is 1.91. The molecule has 90 valence electrons. The molecule has 0 bridgehead atoms. The van der Waals surface area contributed by atoms with Crippen LogP contribution in [0.1, 0.15) is 70.6 Å². The molecular weight excluding hydrogens is 198 g/mol. The summed E-state index contributed by atoms with van der Waals surface area (Å²) >= 11 is 0. The number of amides is 1. The molecule has 3 fully saturated rings. The fourth-order valence-corrected chi connectivity index (χ4v) is 4.61. The number of carbonyl (C=O) groups is 1. The second kappa shape index (κ2) is 3.75. The maximum absolute atomic E-state index is 11.9. The molecule has 2 saturated carbocycles. The molecule has 3 rings (SSSR count). The van der Waals surface area contributed by atoms with Crippen molar-refractivity contribution in [2.45, 2.75) is 76.2 Å². The van der Waals surface area contributed by atoms with Crippen molar-refractivity contribution in [3.8, 4) is 0 Å². The van der Waals surface area contributed by atoms with Gasteiger partial charge in [-0.2, -0.15) is 0 Å². The first-order valence-electron chi connectivity index (χ1n) is 7.08. The van der Waals surface area contributed by atoms with Gasteiger partial charge < -0.3 is 5.32 Å². The number of rotatable bonds is 0. The molecule has 2 aliphatic carbocycles. The van der Waals surface area contributed by atoms with E-state index in [-0.39, 0.29) is 5.54 Å². The van der Waals surface area contributed by atoms with Gasteiger partial charge in [0.15, 0.2) is 0 Å². The van der Waals surface area contributed by atoms with Gasteiger partial charge in [-0.1, -0.05) is 38.5 Å². The van der Waals surface area contributed by atoms with Crippen LogP contribution in [0, 0.1) is 5.41 Å². The average Bonchev–Trinajstić information content (AvgIpc) is 2.53. The fraction of sp³-hybridized carbons (Fsp3) is 0.929. The highest BCUT2D eigenvalue weighted by Gasteiger charge is 2.57. The summed E-state index contributed by atoms with van der Waals surface area (Å²) in [5.74, 6) is 0.337. The molecule has 1 saturated heterocycles. The molecule has 2 spiro atoms. The van der Waals surface area contributed by atoms with E-state index in [1.807, 2.05) is 0 Å². The maximum Gasteiger partial charge on any atom is 0.221 e. The second-order valence-electron chi connectivity index (χ2n) is 6.21. The topological polar surface area (TPSA) is 29.1 Å². The Labute approximate surface area is 98.2 Å². The van der Waals surface area contributed by atoms with Crippen molar-refractivity contribution >= 4 is 5.91 Å². The summed E-state index contributed by atoms with van der Waals surface area (Å²) in [5, 5.41) is 3.39. The van der Waals surface area contributed by atoms with Crippen LogP contribution in [0.25, 0.3) is 0 Å². The first kappa shape index (κ1) is 10.6. The van der Waals surface area contributed by atoms with Crippen LogP contribution in [0.5, 0.6) is 0 Å². The standard InChI is InChI=1S/C14H23NO/c16-12-11-13(7-3-1-4-8-13)14(15-12)9-5-2-6-10-14/h1-11H2,(H,15,16). The smallest absolute Gasteiger partial charge is 0.221 e. The molecule has 0 radical (unpaired) electrons. The zero-order valence-electron chi connectivity index (χ0n) is 10.2. The molecule has 3 aliphatic rings. The highest BCUT2D eigenvalue weighted by molar-refractivity contribution is 5.81. The summed E-state index contributed by atoms with van der Waals surface area (Å²) in [6.45, 7) is 0. The minimum absolute atomic E-state index is 0.211. The van der Waals surface area contributed by atoms with Crippen molar-refractivity contribution in [3.63, 3.8) is 0 Å². The number of hydrogen-bond acceptors (Lipinski definition) is 1. The van der Waals surface area contributed by atoms with E-state index in [0.717, 1.165) is 6.42 Å². The van der Waals surface area contributed by atoms with Crippen molar-refractivity contribution in [2.24, 2.45) is 5.41 Å².